The molecule has 2 radical (unpaired) electrons. The summed E-state index contributed by atoms with van der Waals surface area (Å²) in [4.78, 5) is 56.8. The summed E-state index contributed by atoms with van der Waals surface area (Å²) in [7, 11) is 6.31. The van der Waals surface area contributed by atoms with Gasteiger partial charge in [-0.1, -0.05) is 97.9 Å². The van der Waals surface area contributed by atoms with Gasteiger partial charge < -0.3 is 43.9 Å². The van der Waals surface area contributed by atoms with E-state index < -0.39 is 73.7 Å². The minimum atomic E-state index is -4.12. The number of alkyl halides is 1. The van der Waals surface area contributed by atoms with Crippen LogP contribution in [-0.4, -0.2) is 136 Å². The molecule has 2 amide bonds. The van der Waals surface area contributed by atoms with Crippen LogP contribution in [0.15, 0.2) is 165 Å². The van der Waals surface area contributed by atoms with Crippen molar-refractivity contribution >= 4 is 61.2 Å². The van der Waals surface area contributed by atoms with E-state index in [0.717, 1.165) is 16.7 Å². The van der Waals surface area contributed by atoms with Crippen LogP contribution in [0.25, 0.3) is 27.2 Å². The monoisotopic (exact) mass is 1170 g/mol. The summed E-state index contributed by atoms with van der Waals surface area (Å²) in [6.45, 7) is 8.33. The smallest absolute Gasteiger partial charge is 0.488 e. The van der Waals surface area contributed by atoms with Crippen molar-refractivity contribution in [2.24, 2.45) is 5.92 Å². The third kappa shape index (κ3) is 11.0. The first-order chi connectivity index (χ1) is 41.4. The van der Waals surface area contributed by atoms with Crippen molar-refractivity contribution in [1.29, 1.82) is 0 Å². The fraction of sp³-hybridized carbons (Fsp3) is 0.283. The second-order valence-corrected chi connectivity index (χ2v) is 22.1. The van der Waals surface area contributed by atoms with Gasteiger partial charge in [-0.25, -0.2) is 40.9 Å². The van der Waals surface area contributed by atoms with Gasteiger partial charge in [0.1, 0.15) is 42.5 Å². The summed E-state index contributed by atoms with van der Waals surface area (Å²) in [5.74, 6) is -0.0814. The van der Waals surface area contributed by atoms with Crippen LogP contribution in [0, 0.1) is 12.5 Å². The van der Waals surface area contributed by atoms with E-state index in [-0.39, 0.29) is 66.9 Å². The highest BCUT2D eigenvalue weighted by molar-refractivity contribution is 7.85. The number of nitrogens with one attached hydrogen (secondary N) is 2. The Balaban J connectivity index is 0.882. The predicted molar refractivity (Wildman–Crippen MR) is 309 cm³/mol. The van der Waals surface area contributed by atoms with Gasteiger partial charge in [-0.3, -0.25) is 18.7 Å². The van der Waals surface area contributed by atoms with Crippen molar-refractivity contribution in [2.75, 3.05) is 57.8 Å². The minimum Gasteiger partial charge on any atom is -0.497 e. The van der Waals surface area contributed by atoms with Crippen LogP contribution in [0.3, 0.4) is 0 Å². The summed E-state index contributed by atoms with van der Waals surface area (Å²) in [6.07, 6.45) is -1.56. The molecular weight excluding hydrogens is 1110 g/mol. The van der Waals surface area contributed by atoms with Crippen molar-refractivity contribution in [3.05, 3.63) is 204 Å². The molecule has 2 N–H and O–H groups in total. The lowest BCUT2D eigenvalue weighted by atomic mass is 9.79. The predicted octanol–water partition coefficient (Wildman–Crippen LogP) is 8.92. The Labute approximate surface area is 488 Å². The summed E-state index contributed by atoms with van der Waals surface area (Å²) in [6, 6.07) is 42.1. The zero-order chi connectivity index (χ0) is 58.7. The molecule has 25 heteroatoms. The second-order valence-electron chi connectivity index (χ2n) is 20.3. The van der Waals surface area contributed by atoms with Crippen LogP contribution in [0.5, 0.6) is 11.5 Å². The molecule has 12 rings (SSSR count). The van der Waals surface area contributed by atoms with Gasteiger partial charge in [-0.05, 0) is 65.2 Å². The Hall–Kier alpha value is -8.63. The third-order valence-corrected chi connectivity index (χ3v) is 16.9. The number of aromatic nitrogens is 8. The van der Waals surface area contributed by atoms with Crippen LogP contribution in [0.2, 0.25) is 0 Å². The normalized spacial score (nSPS) is 22.5. The standard InChI is InChI=1S/C60H55BFN11O11P/c1-37-45(82-57(46(37)62)72-35-68-47-51(64-33-66-53(47)72)70-55(74)38-14-8-5-9-15-38)30-81-85(61,80-29-28-63-2)84-50-49-58(73-36-69-48-52(65-34-67-54(48)73)71-56(75)39-16-10-6-11-17-39)83-59(50,31-78-49)32-79-60(40-18-12-7-13-19-40,41-20-24-43(76-3)25-21-41)42-22-26-44(77-4)27-23-42/h5-27,33-37,45-46,49-50,57-58H,28-32H2,1,3-4H3,(H,64,66,70,74)(H,65,67,71,75)/q+1/t37?,45-,46+,49?,50-,57-,58-,59-,85?/m1/s1. The molecule has 5 aromatic carbocycles. The number of fused-ring (bicyclic) bond motifs is 4. The Morgan fingerprint density at radius 3 is 1.78 bits per heavy atom. The third-order valence-electron chi connectivity index (χ3n) is 15.3. The van der Waals surface area contributed by atoms with E-state index in [1.807, 2.05) is 84.9 Å². The number of nitrogens with zero attached hydrogens (tertiary/aromatic N) is 9. The first kappa shape index (κ1) is 56.8. The quantitative estimate of drug-likeness (QED) is 0.0212. The number of carbonyl (C=O) groups is 2. The lowest BCUT2D eigenvalue weighted by molar-refractivity contribution is -0.202. The van der Waals surface area contributed by atoms with Crippen molar-refractivity contribution in [1.82, 2.24) is 39.0 Å². The Morgan fingerprint density at radius 1 is 0.729 bits per heavy atom. The number of carbonyl (C=O) groups excluding carboxylic acids is 2. The van der Waals surface area contributed by atoms with Gasteiger partial charge >= 0.3 is 15.4 Å². The van der Waals surface area contributed by atoms with E-state index >= 15 is 4.39 Å². The molecule has 0 saturated carbocycles. The number of anilines is 2. The fourth-order valence-electron chi connectivity index (χ4n) is 10.9. The summed E-state index contributed by atoms with van der Waals surface area (Å²) < 4.78 is 78.9. The van der Waals surface area contributed by atoms with Crippen molar-refractivity contribution in [3.63, 3.8) is 0 Å². The van der Waals surface area contributed by atoms with Gasteiger partial charge in [-0.15, -0.1) is 0 Å². The van der Waals surface area contributed by atoms with Crippen LogP contribution >= 0.6 is 7.82 Å². The molecule has 3 unspecified atom stereocenters. The average molecular weight is 1170 g/mol. The maximum absolute atomic E-state index is 16.7. The van der Waals surface area contributed by atoms with E-state index in [1.165, 1.54) is 29.9 Å². The number of rotatable bonds is 22. The topological polar surface area (TPSA) is 233 Å². The molecule has 3 fully saturated rings. The molecule has 7 heterocycles. The summed E-state index contributed by atoms with van der Waals surface area (Å²) in [5.41, 5.74) is 1.14. The van der Waals surface area contributed by atoms with Crippen molar-refractivity contribution in [3.8, 4) is 11.5 Å². The maximum atomic E-state index is 16.7. The number of hydrogen-bond donors (Lipinski definition) is 2. The molecule has 0 aliphatic carbocycles. The minimum absolute atomic E-state index is 0.0922. The van der Waals surface area contributed by atoms with Crippen molar-refractivity contribution < 1.29 is 56.0 Å². The lowest BCUT2D eigenvalue weighted by Crippen LogP contribution is -2.49. The second kappa shape index (κ2) is 24.2. The fourth-order valence-corrected chi connectivity index (χ4v) is 12.4. The molecule has 9 aromatic rings. The molecule has 3 aliphatic rings. The highest BCUT2D eigenvalue weighted by Gasteiger charge is 2.68. The van der Waals surface area contributed by atoms with Gasteiger partial charge in [0.05, 0.1) is 46.2 Å². The Bertz CT molecular complexity index is 3830. The summed E-state index contributed by atoms with van der Waals surface area (Å²) >= 11 is 0. The number of hydrogen-bond acceptors (Lipinski definition) is 17. The highest BCUT2D eigenvalue weighted by Crippen LogP contribution is 2.63. The van der Waals surface area contributed by atoms with Gasteiger partial charge in [0.25, 0.3) is 11.8 Å². The van der Waals surface area contributed by atoms with Crippen molar-refractivity contribution in [2.45, 2.75) is 55.1 Å². The largest absolute Gasteiger partial charge is 0.497 e. The molecule has 430 valence electrons. The number of halogens is 1. The average Bonchev–Trinajstić information content (AvgIpc) is 2.32. The van der Waals surface area contributed by atoms with Crippen LogP contribution in [0.4, 0.5) is 16.0 Å². The first-order valence-electron chi connectivity index (χ1n) is 27.1. The maximum Gasteiger partial charge on any atom is 0.488 e. The Morgan fingerprint density at radius 2 is 1.25 bits per heavy atom. The van der Waals surface area contributed by atoms with E-state index in [2.05, 4.69) is 45.4 Å². The van der Waals surface area contributed by atoms with E-state index in [0.29, 0.717) is 22.6 Å². The van der Waals surface area contributed by atoms with Crippen LogP contribution in [0.1, 0.15) is 56.8 Å². The SMILES string of the molecule is [B][P+](OCC[N+]#[C-])(OC[C@H]1O[C@@H](n2cnc3c(NC(=O)c4ccccc4)ncnc32)[C@@H](F)C1C)O[C@@H]1C2OC[C@]1(COC(c1ccccc1)(c1ccc(OC)cc1)c1ccc(OC)cc1)O[C@H]2n1cnc2c(NC(=O)c3ccccc3)ncnc21. The molecule has 0 spiro atoms. The molecule has 85 heavy (non-hydrogen) atoms. The summed E-state index contributed by atoms with van der Waals surface area (Å²) in [5, 5.41) is 5.64. The first-order valence-corrected chi connectivity index (χ1v) is 28.7. The van der Waals surface area contributed by atoms with Gasteiger partial charge in [-0.2, -0.15) is 13.6 Å². The van der Waals surface area contributed by atoms with E-state index in [1.54, 1.807) is 80.3 Å². The molecule has 9 atom stereocenters. The molecule has 2 bridgehead atoms. The van der Waals surface area contributed by atoms with Gasteiger partial charge in [0.15, 0.2) is 70.9 Å². The van der Waals surface area contributed by atoms with Crippen LogP contribution in [-0.2, 0) is 38.1 Å². The number of methoxy groups -OCH3 is 2. The molecular formula is C60H55BFN11O11P+. The number of imidazole rings is 2. The van der Waals surface area contributed by atoms with Gasteiger partial charge in [0, 0.05) is 17.0 Å². The highest BCUT2D eigenvalue weighted by atomic mass is 31.2. The van der Waals surface area contributed by atoms with Crippen LogP contribution < -0.4 is 20.1 Å². The number of benzene rings is 5. The number of ether oxygens (including phenoxy) is 6. The lowest BCUT2D eigenvalue weighted by Gasteiger charge is -2.40. The van der Waals surface area contributed by atoms with E-state index in [9.17, 15) is 9.59 Å². The van der Waals surface area contributed by atoms with Gasteiger partial charge in [0.2, 0.25) is 6.54 Å². The zero-order valence-corrected chi connectivity index (χ0v) is 47.0. The molecule has 3 saturated heterocycles. The van der Waals surface area contributed by atoms with E-state index in [4.69, 9.17) is 56.1 Å². The Kier molecular flexibility index (Phi) is 16.2. The molecule has 4 aromatic heterocycles. The number of amides is 2. The zero-order valence-electron chi connectivity index (χ0n) is 46.1. The molecule has 22 nitrogen and oxygen atoms in total. The molecule has 3 aliphatic heterocycles.